The average molecular weight is 213 g/mol. The number of hydrogen-bond acceptors (Lipinski definition) is 2. The molecule has 0 aliphatic heterocycles. The normalized spacial score (nSPS) is 10.0. The van der Waals surface area contributed by atoms with E-state index in [2.05, 4.69) is 5.10 Å². The van der Waals surface area contributed by atoms with Gasteiger partial charge in [0, 0.05) is 11.8 Å². The summed E-state index contributed by atoms with van der Waals surface area (Å²) in [5, 5.41) is 11.8. The molecule has 1 heterocycles. The van der Waals surface area contributed by atoms with Gasteiger partial charge in [-0.3, -0.25) is 9.89 Å². The summed E-state index contributed by atoms with van der Waals surface area (Å²) in [7, 11) is 0. The maximum absolute atomic E-state index is 11.6. The van der Waals surface area contributed by atoms with Gasteiger partial charge < -0.3 is 0 Å². The van der Waals surface area contributed by atoms with Crippen molar-refractivity contribution in [3.05, 3.63) is 51.9 Å². The molecule has 0 radical (unpaired) electrons. The standard InChI is InChI=1S/C12H11N3O/c1-2-10-7-12(16)15(14-10)11-5-3-4-9(6-11)8-13/h3-7,14H,2H2,1H3. The monoisotopic (exact) mass is 213 g/mol. The van der Waals surface area contributed by atoms with Crippen molar-refractivity contribution in [2.45, 2.75) is 13.3 Å². The number of aryl methyl sites for hydroxylation is 1. The van der Waals surface area contributed by atoms with E-state index in [0.717, 1.165) is 12.1 Å². The van der Waals surface area contributed by atoms with Crippen molar-refractivity contribution in [3.8, 4) is 11.8 Å². The Morgan fingerprint density at radius 3 is 2.88 bits per heavy atom. The second-order valence-corrected chi connectivity index (χ2v) is 3.47. The fourth-order valence-electron chi connectivity index (χ4n) is 1.53. The van der Waals surface area contributed by atoms with Gasteiger partial charge in [0.05, 0.1) is 17.3 Å². The molecule has 0 saturated heterocycles. The Kier molecular flexibility index (Phi) is 2.61. The van der Waals surface area contributed by atoms with Crippen LogP contribution in [0.3, 0.4) is 0 Å². The van der Waals surface area contributed by atoms with Crippen LogP contribution in [0.15, 0.2) is 35.1 Å². The van der Waals surface area contributed by atoms with Crippen LogP contribution in [-0.2, 0) is 6.42 Å². The average Bonchev–Trinajstić information content (AvgIpc) is 2.71. The highest BCUT2D eigenvalue weighted by Gasteiger charge is 2.04. The van der Waals surface area contributed by atoms with E-state index in [0.29, 0.717) is 11.3 Å². The first-order valence-corrected chi connectivity index (χ1v) is 5.06. The van der Waals surface area contributed by atoms with Crippen LogP contribution in [0.1, 0.15) is 18.2 Å². The number of rotatable bonds is 2. The molecule has 0 bridgehead atoms. The number of hydrogen-bond donors (Lipinski definition) is 1. The second kappa shape index (κ2) is 4.07. The molecule has 2 aromatic rings. The van der Waals surface area contributed by atoms with Gasteiger partial charge in [0.2, 0.25) is 0 Å². The molecule has 0 atom stereocenters. The fraction of sp³-hybridized carbons (Fsp3) is 0.167. The fourth-order valence-corrected chi connectivity index (χ4v) is 1.53. The molecule has 1 N–H and O–H groups in total. The van der Waals surface area contributed by atoms with Gasteiger partial charge in [-0.05, 0) is 24.6 Å². The smallest absolute Gasteiger partial charge is 0.271 e. The lowest BCUT2D eigenvalue weighted by Gasteiger charge is -2.01. The van der Waals surface area contributed by atoms with E-state index >= 15 is 0 Å². The van der Waals surface area contributed by atoms with Gasteiger partial charge in [-0.15, -0.1) is 0 Å². The SMILES string of the molecule is CCc1cc(=O)n(-c2cccc(C#N)c2)[nH]1. The molecular weight excluding hydrogens is 202 g/mol. The molecule has 0 aliphatic carbocycles. The van der Waals surface area contributed by atoms with Crippen LogP contribution >= 0.6 is 0 Å². The summed E-state index contributed by atoms with van der Waals surface area (Å²) in [6.45, 7) is 1.97. The van der Waals surface area contributed by atoms with Gasteiger partial charge in [0.25, 0.3) is 5.56 Å². The van der Waals surface area contributed by atoms with E-state index in [-0.39, 0.29) is 5.56 Å². The number of nitriles is 1. The lowest BCUT2D eigenvalue weighted by molar-refractivity contribution is 0.819. The van der Waals surface area contributed by atoms with Gasteiger partial charge in [0.15, 0.2) is 0 Å². The lowest BCUT2D eigenvalue weighted by atomic mass is 10.2. The molecule has 4 heteroatoms. The molecule has 1 aromatic carbocycles. The van der Waals surface area contributed by atoms with Crippen LogP contribution < -0.4 is 5.56 Å². The number of aromatic amines is 1. The summed E-state index contributed by atoms with van der Waals surface area (Å²) in [4.78, 5) is 11.6. The summed E-state index contributed by atoms with van der Waals surface area (Å²) in [5.74, 6) is 0. The zero-order valence-corrected chi connectivity index (χ0v) is 8.90. The number of nitrogens with one attached hydrogen (secondary N) is 1. The first kappa shape index (κ1) is 10.2. The minimum atomic E-state index is -0.105. The first-order valence-electron chi connectivity index (χ1n) is 5.06. The minimum absolute atomic E-state index is 0.105. The molecule has 80 valence electrons. The summed E-state index contributed by atoms with van der Waals surface area (Å²) in [5.41, 5.74) is 2.00. The highest BCUT2D eigenvalue weighted by atomic mass is 16.1. The molecule has 16 heavy (non-hydrogen) atoms. The molecule has 0 aliphatic rings. The van der Waals surface area contributed by atoms with Gasteiger partial charge in [-0.2, -0.15) is 5.26 Å². The summed E-state index contributed by atoms with van der Waals surface area (Å²) < 4.78 is 1.44. The molecule has 0 unspecified atom stereocenters. The Balaban J connectivity index is 2.54. The number of H-pyrrole nitrogens is 1. The van der Waals surface area contributed by atoms with E-state index in [1.54, 1.807) is 30.3 Å². The van der Waals surface area contributed by atoms with Gasteiger partial charge in [-0.1, -0.05) is 13.0 Å². The molecule has 0 fully saturated rings. The van der Waals surface area contributed by atoms with E-state index in [1.165, 1.54) is 4.68 Å². The zero-order valence-electron chi connectivity index (χ0n) is 8.90. The van der Waals surface area contributed by atoms with Crippen LogP contribution in [0.4, 0.5) is 0 Å². The first-order chi connectivity index (χ1) is 7.74. The Morgan fingerprint density at radius 1 is 1.44 bits per heavy atom. The van der Waals surface area contributed by atoms with Crippen LogP contribution in [0, 0.1) is 11.3 Å². The van der Waals surface area contributed by atoms with Crippen molar-refractivity contribution in [1.29, 1.82) is 5.26 Å². The van der Waals surface area contributed by atoms with Crippen LogP contribution in [0.5, 0.6) is 0 Å². The van der Waals surface area contributed by atoms with Gasteiger partial charge >= 0.3 is 0 Å². The molecule has 2 rings (SSSR count). The van der Waals surface area contributed by atoms with E-state index in [9.17, 15) is 4.79 Å². The van der Waals surface area contributed by atoms with Gasteiger partial charge in [0.1, 0.15) is 0 Å². The van der Waals surface area contributed by atoms with Crippen molar-refractivity contribution in [3.63, 3.8) is 0 Å². The Hall–Kier alpha value is -2.28. The molecular formula is C12H11N3O. The number of benzene rings is 1. The quantitative estimate of drug-likeness (QED) is 0.823. The number of nitrogens with zero attached hydrogens (tertiary/aromatic N) is 2. The predicted molar refractivity (Wildman–Crippen MR) is 60.5 cm³/mol. The van der Waals surface area contributed by atoms with Gasteiger partial charge in [-0.25, -0.2) is 4.68 Å². The third-order valence-electron chi connectivity index (χ3n) is 2.39. The van der Waals surface area contributed by atoms with Crippen LogP contribution in [0.2, 0.25) is 0 Å². The molecule has 0 amide bonds. The van der Waals surface area contributed by atoms with Crippen molar-refractivity contribution in [1.82, 2.24) is 9.78 Å². The van der Waals surface area contributed by atoms with E-state index < -0.39 is 0 Å². The summed E-state index contributed by atoms with van der Waals surface area (Å²) in [6.07, 6.45) is 0.778. The predicted octanol–water partition coefficient (Wildman–Crippen LogP) is 1.60. The Bertz CT molecular complexity index is 601. The molecule has 0 spiro atoms. The van der Waals surface area contributed by atoms with Crippen molar-refractivity contribution in [2.75, 3.05) is 0 Å². The highest BCUT2D eigenvalue weighted by molar-refractivity contribution is 5.40. The van der Waals surface area contributed by atoms with Crippen LogP contribution in [-0.4, -0.2) is 9.78 Å². The Labute approximate surface area is 92.7 Å². The van der Waals surface area contributed by atoms with Crippen molar-refractivity contribution >= 4 is 0 Å². The molecule has 1 aromatic heterocycles. The van der Waals surface area contributed by atoms with E-state index in [4.69, 9.17) is 5.26 Å². The van der Waals surface area contributed by atoms with Crippen molar-refractivity contribution in [2.24, 2.45) is 0 Å². The molecule has 0 saturated carbocycles. The maximum Gasteiger partial charge on any atom is 0.271 e. The third kappa shape index (κ3) is 1.75. The summed E-state index contributed by atoms with van der Waals surface area (Å²) >= 11 is 0. The Morgan fingerprint density at radius 2 is 2.25 bits per heavy atom. The van der Waals surface area contributed by atoms with E-state index in [1.807, 2.05) is 13.0 Å². The lowest BCUT2D eigenvalue weighted by Crippen LogP contribution is -2.13. The molecule has 4 nitrogen and oxygen atoms in total. The third-order valence-corrected chi connectivity index (χ3v) is 2.39. The summed E-state index contributed by atoms with van der Waals surface area (Å²) in [6, 6.07) is 10.5. The van der Waals surface area contributed by atoms with Crippen molar-refractivity contribution < 1.29 is 0 Å². The number of aromatic nitrogens is 2. The topological polar surface area (TPSA) is 61.6 Å². The maximum atomic E-state index is 11.6. The highest BCUT2D eigenvalue weighted by Crippen LogP contribution is 2.07. The minimum Gasteiger partial charge on any atom is -0.295 e. The van der Waals surface area contributed by atoms with Crippen LogP contribution in [0.25, 0.3) is 5.69 Å². The second-order valence-electron chi connectivity index (χ2n) is 3.47. The zero-order chi connectivity index (χ0) is 11.5. The largest absolute Gasteiger partial charge is 0.295 e.